The zero-order valence-electron chi connectivity index (χ0n) is 13.6. The highest BCUT2D eigenvalue weighted by molar-refractivity contribution is 5.74. The number of nitrogens with one attached hydrogen (secondary N) is 2. The molecule has 2 amide bonds. The molecular weight excluding hydrogens is 288 g/mol. The fraction of sp³-hybridized carbons (Fsp3) is 0.632. The number of rotatable bonds is 4. The van der Waals surface area contributed by atoms with Gasteiger partial charge >= 0.3 is 6.03 Å². The molecule has 4 fully saturated rings. The van der Waals surface area contributed by atoms with Crippen LogP contribution < -0.4 is 10.6 Å². The summed E-state index contributed by atoms with van der Waals surface area (Å²) >= 11 is 0. The fourth-order valence-electron chi connectivity index (χ4n) is 5.53. The molecule has 5 rings (SSSR count). The summed E-state index contributed by atoms with van der Waals surface area (Å²) in [5, 5.41) is 15.6. The lowest BCUT2D eigenvalue weighted by Gasteiger charge is -2.56. The second-order valence-electron chi connectivity index (χ2n) is 8.00. The second-order valence-corrected chi connectivity index (χ2v) is 8.00. The van der Waals surface area contributed by atoms with Crippen LogP contribution in [0.5, 0.6) is 5.75 Å². The minimum atomic E-state index is -0.00858. The number of benzene rings is 1. The van der Waals surface area contributed by atoms with Gasteiger partial charge in [0.15, 0.2) is 0 Å². The molecule has 0 heterocycles. The number of phenolic OH excluding ortho intramolecular Hbond substituents is 1. The zero-order valence-corrected chi connectivity index (χ0v) is 13.6. The van der Waals surface area contributed by atoms with Gasteiger partial charge in [0.2, 0.25) is 0 Å². The molecule has 4 nitrogen and oxygen atoms in total. The Morgan fingerprint density at radius 2 is 1.61 bits per heavy atom. The molecule has 0 spiro atoms. The number of urea groups is 1. The van der Waals surface area contributed by atoms with Crippen LogP contribution in [0.25, 0.3) is 0 Å². The van der Waals surface area contributed by atoms with E-state index in [0.717, 1.165) is 29.7 Å². The van der Waals surface area contributed by atoms with Crippen molar-refractivity contribution >= 4 is 6.03 Å². The second kappa shape index (κ2) is 5.73. The molecule has 0 radical (unpaired) electrons. The normalized spacial score (nSPS) is 34.3. The molecule has 3 N–H and O–H groups in total. The summed E-state index contributed by atoms with van der Waals surface area (Å²) in [5.74, 6) is 2.82. The number of phenols is 1. The summed E-state index contributed by atoms with van der Waals surface area (Å²) in [6.07, 6.45) is 8.52. The van der Waals surface area contributed by atoms with Crippen LogP contribution in [-0.2, 0) is 6.42 Å². The Balaban J connectivity index is 1.28. The van der Waals surface area contributed by atoms with E-state index < -0.39 is 0 Å². The van der Waals surface area contributed by atoms with Crippen molar-refractivity contribution in [2.24, 2.45) is 17.8 Å². The van der Waals surface area contributed by atoms with Crippen molar-refractivity contribution in [3.63, 3.8) is 0 Å². The monoisotopic (exact) mass is 314 g/mol. The number of carbonyl (C=O) groups excluding carboxylic acids is 1. The molecule has 4 heteroatoms. The molecule has 1 aromatic rings. The predicted octanol–water partition coefficient (Wildman–Crippen LogP) is 3.20. The van der Waals surface area contributed by atoms with Crippen LogP contribution in [0.1, 0.15) is 44.1 Å². The smallest absolute Gasteiger partial charge is 0.315 e. The van der Waals surface area contributed by atoms with Gasteiger partial charge in [-0.15, -0.1) is 0 Å². The van der Waals surface area contributed by atoms with Crippen LogP contribution in [0.15, 0.2) is 24.3 Å². The van der Waals surface area contributed by atoms with Crippen molar-refractivity contribution < 1.29 is 9.90 Å². The average Bonchev–Trinajstić information content (AvgIpc) is 2.47. The Hall–Kier alpha value is -1.71. The molecule has 4 bridgehead atoms. The molecule has 4 aliphatic carbocycles. The molecule has 23 heavy (non-hydrogen) atoms. The summed E-state index contributed by atoms with van der Waals surface area (Å²) in [6.45, 7) is 0.628. The molecule has 4 saturated carbocycles. The predicted molar refractivity (Wildman–Crippen MR) is 89.2 cm³/mol. The molecule has 0 unspecified atom stereocenters. The van der Waals surface area contributed by atoms with Crippen molar-refractivity contribution in [1.82, 2.24) is 10.6 Å². The van der Waals surface area contributed by atoms with E-state index in [1.807, 2.05) is 12.1 Å². The molecule has 0 aromatic heterocycles. The summed E-state index contributed by atoms with van der Waals surface area (Å²) in [6, 6.07) is 7.16. The lowest BCUT2D eigenvalue weighted by atomic mass is 9.53. The molecular formula is C19H26N2O2. The molecule has 4 aliphatic rings. The topological polar surface area (TPSA) is 61.4 Å². The van der Waals surface area contributed by atoms with E-state index in [4.69, 9.17) is 0 Å². The Kier molecular flexibility index (Phi) is 3.70. The summed E-state index contributed by atoms with van der Waals surface area (Å²) < 4.78 is 0. The first kappa shape index (κ1) is 14.9. The van der Waals surface area contributed by atoms with Gasteiger partial charge in [-0.05, 0) is 80.4 Å². The Labute approximate surface area is 137 Å². The van der Waals surface area contributed by atoms with Gasteiger partial charge in [-0.2, -0.15) is 0 Å². The quantitative estimate of drug-likeness (QED) is 0.799. The lowest BCUT2D eigenvalue weighted by Crippen LogP contribution is -2.61. The van der Waals surface area contributed by atoms with Gasteiger partial charge in [0.05, 0.1) is 0 Å². The Morgan fingerprint density at radius 1 is 1.04 bits per heavy atom. The van der Waals surface area contributed by atoms with E-state index in [-0.39, 0.29) is 17.3 Å². The van der Waals surface area contributed by atoms with Gasteiger partial charge in [0.25, 0.3) is 0 Å². The molecule has 0 atom stereocenters. The third-order valence-electron chi connectivity index (χ3n) is 6.05. The third-order valence-corrected chi connectivity index (χ3v) is 6.05. The zero-order chi connectivity index (χ0) is 15.9. The van der Waals surface area contributed by atoms with Crippen LogP contribution in [-0.4, -0.2) is 23.2 Å². The van der Waals surface area contributed by atoms with E-state index in [2.05, 4.69) is 10.6 Å². The Bertz CT molecular complexity index is 546. The van der Waals surface area contributed by atoms with Gasteiger partial charge in [-0.25, -0.2) is 4.79 Å². The van der Waals surface area contributed by atoms with E-state index >= 15 is 0 Å². The van der Waals surface area contributed by atoms with Crippen molar-refractivity contribution in [3.8, 4) is 5.75 Å². The van der Waals surface area contributed by atoms with Crippen LogP contribution in [0.3, 0.4) is 0 Å². The maximum atomic E-state index is 12.3. The highest BCUT2D eigenvalue weighted by Gasteiger charge is 2.51. The summed E-state index contributed by atoms with van der Waals surface area (Å²) in [7, 11) is 0. The lowest BCUT2D eigenvalue weighted by molar-refractivity contribution is -0.0135. The fourth-order valence-corrected chi connectivity index (χ4v) is 5.53. The van der Waals surface area contributed by atoms with Gasteiger partial charge in [0.1, 0.15) is 5.75 Å². The SMILES string of the molecule is O=C(NCCc1ccc(O)cc1)NC12CC3CC(CC(C3)C1)C2. The van der Waals surface area contributed by atoms with Crippen LogP contribution in [0.2, 0.25) is 0 Å². The van der Waals surface area contributed by atoms with Crippen molar-refractivity contribution in [2.75, 3.05) is 6.54 Å². The molecule has 124 valence electrons. The van der Waals surface area contributed by atoms with Crippen LogP contribution >= 0.6 is 0 Å². The van der Waals surface area contributed by atoms with Crippen molar-refractivity contribution in [1.29, 1.82) is 0 Å². The average molecular weight is 314 g/mol. The first-order valence-electron chi connectivity index (χ1n) is 8.94. The van der Waals surface area contributed by atoms with Crippen LogP contribution in [0, 0.1) is 17.8 Å². The highest BCUT2D eigenvalue weighted by Crippen LogP contribution is 2.55. The molecule has 0 aliphatic heterocycles. The van der Waals surface area contributed by atoms with E-state index in [9.17, 15) is 9.90 Å². The largest absolute Gasteiger partial charge is 0.508 e. The Morgan fingerprint density at radius 3 is 2.17 bits per heavy atom. The number of amides is 2. The standard InChI is InChI=1S/C19H26N2O2/c22-17-3-1-13(2-4-17)5-6-20-18(23)21-19-10-14-7-15(11-19)9-16(8-14)12-19/h1-4,14-16,22H,5-12H2,(H2,20,21,23). The minimum absolute atomic E-state index is 0.00858. The van der Waals surface area contributed by atoms with E-state index in [1.165, 1.54) is 38.5 Å². The van der Waals surface area contributed by atoms with Gasteiger partial charge in [0, 0.05) is 12.1 Å². The number of aromatic hydroxyl groups is 1. The van der Waals surface area contributed by atoms with Gasteiger partial charge < -0.3 is 15.7 Å². The first-order valence-corrected chi connectivity index (χ1v) is 8.94. The molecule has 0 saturated heterocycles. The summed E-state index contributed by atoms with van der Waals surface area (Å²) in [5.41, 5.74) is 1.20. The first-order chi connectivity index (χ1) is 11.1. The maximum absolute atomic E-state index is 12.3. The number of carbonyl (C=O) groups is 1. The van der Waals surface area contributed by atoms with Crippen LogP contribution in [0.4, 0.5) is 4.79 Å². The van der Waals surface area contributed by atoms with E-state index in [0.29, 0.717) is 6.54 Å². The minimum Gasteiger partial charge on any atom is -0.508 e. The maximum Gasteiger partial charge on any atom is 0.315 e. The van der Waals surface area contributed by atoms with E-state index in [1.54, 1.807) is 12.1 Å². The number of hydrogen-bond acceptors (Lipinski definition) is 2. The van der Waals surface area contributed by atoms with Crippen molar-refractivity contribution in [3.05, 3.63) is 29.8 Å². The summed E-state index contributed by atoms with van der Waals surface area (Å²) in [4.78, 5) is 12.3. The third kappa shape index (κ3) is 3.17. The van der Waals surface area contributed by atoms with Gasteiger partial charge in [-0.1, -0.05) is 12.1 Å². The number of hydrogen-bond donors (Lipinski definition) is 3. The van der Waals surface area contributed by atoms with Gasteiger partial charge in [-0.3, -0.25) is 0 Å². The highest BCUT2D eigenvalue weighted by atomic mass is 16.3. The van der Waals surface area contributed by atoms with Crippen molar-refractivity contribution in [2.45, 2.75) is 50.5 Å². The molecule has 1 aromatic carbocycles.